The van der Waals surface area contributed by atoms with E-state index in [1.54, 1.807) is 18.2 Å². The van der Waals surface area contributed by atoms with E-state index in [0.29, 0.717) is 18.7 Å². The topological polar surface area (TPSA) is 67.4 Å². The molecule has 5 nitrogen and oxygen atoms in total. The van der Waals surface area contributed by atoms with Gasteiger partial charge in [-0.1, -0.05) is 42.5 Å². The lowest BCUT2D eigenvalue weighted by Crippen LogP contribution is -2.27. The Balaban J connectivity index is 1.75. The van der Waals surface area contributed by atoms with Crippen LogP contribution in [0.25, 0.3) is 0 Å². The summed E-state index contributed by atoms with van der Waals surface area (Å²) in [6.45, 7) is 0.440. The van der Waals surface area contributed by atoms with E-state index in [1.807, 2.05) is 30.3 Å². The average Bonchev–Trinajstić information content (AvgIpc) is 2.74. The van der Waals surface area contributed by atoms with Gasteiger partial charge in [-0.2, -0.15) is 0 Å². The molecule has 148 valence electrons. The Kier molecular flexibility index (Phi) is 6.58. The van der Waals surface area contributed by atoms with Crippen LogP contribution in [-0.2, 0) is 6.42 Å². The van der Waals surface area contributed by atoms with E-state index in [4.69, 9.17) is 4.74 Å². The van der Waals surface area contributed by atoms with Gasteiger partial charge in [0.05, 0.1) is 23.9 Å². The maximum Gasteiger partial charge on any atom is 0.258 e. The number of hydrogen-bond acceptors (Lipinski definition) is 3. The van der Waals surface area contributed by atoms with Gasteiger partial charge in [0.2, 0.25) is 0 Å². The lowest BCUT2D eigenvalue weighted by molar-refractivity contribution is 0.0955. The molecule has 3 rings (SSSR count). The molecule has 0 atom stereocenters. The van der Waals surface area contributed by atoms with Crippen molar-refractivity contribution in [1.29, 1.82) is 0 Å². The Morgan fingerprint density at radius 1 is 0.897 bits per heavy atom. The molecule has 0 unspecified atom stereocenters. The second-order valence-electron chi connectivity index (χ2n) is 6.34. The van der Waals surface area contributed by atoms with E-state index in [-0.39, 0.29) is 22.7 Å². The highest BCUT2D eigenvalue weighted by molar-refractivity contribution is 6.09. The maximum atomic E-state index is 13.9. The van der Waals surface area contributed by atoms with Crippen molar-refractivity contribution in [2.24, 2.45) is 0 Å². The highest BCUT2D eigenvalue weighted by Crippen LogP contribution is 2.23. The minimum absolute atomic E-state index is 0.106. The minimum Gasteiger partial charge on any atom is -0.497 e. The van der Waals surface area contributed by atoms with Gasteiger partial charge in [-0.15, -0.1) is 0 Å². The van der Waals surface area contributed by atoms with Crippen LogP contribution in [0.15, 0.2) is 72.8 Å². The molecule has 0 radical (unpaired) electrons. The summed E-state index contributed by atoms with van der Waals surface area (Å²) < 4.78 is 19.1. The highest BCUT2D eigenvalue weighted by atomic mass is 19.1. The molecule has 0 saturated carbocycles. The number of anilines is 1. The van der Waals surface area contributed by atoms with Gasteiger partial charge in [-0.05, 0) is 36.2 Å². The quantitative estimate of drug-likeness (QED) is 0.637. The Morgan fingerprint density at radius 3 is 2.34 bits per heavy atom. The summed E-state index contributed by atoms with van der Waals surface area (Å²) >= 11 is 0. The van der Waals surface area contributed by atoms with E-state index >= 15 is 0 Å². The third-order valence-corrected chi connectivity index (χ3v) is 4.38. The number of amides is 2. The van der Waals surface area contributed by atoms with Crippen LogP contribution in [-0.4, -0.2) is 25.5 Å². The van der Waals surface area contributed by atoms with Crippen molar-refractivity contribution < 1.29 is 18.7 Å². The van der Waals surface area contributed by atoms with E-state index in [0.717, 1.165) is 5.56 Å². The highest BCUT2D eigenvalue weighted by Gasteiger charge is 2.17. The van der Waals surface area contributed by atoms with Crippen molar-refractivity contribution in [2.75, 3.05) is 19.0 Å². The molecule has 3 aromatic carbocycles. The molecule has 2 N–H and O–H groups in total. The zero-order valence-electron chi connectivity index (χ0n) is 15.9. The third-order valence-electron chi connectivity index (χ3n) is 4.38. The number of methoxy groups -OCH3 is 1. The second kappa shape index (κ2) is 9.50. The molecule has 0 aromatic heterocycles. The number of benzene rings is 3. The summed E-state index contributed by atoms with van der Waals surface area (Å²) in [7, 11) is 1.48. The number of rotatable bonds is 7. The van der Waals surface area contributed by atoms with E-state index in [1.165, 1.54) is 31.4 Å². The molecule has 0 fully saturated rings. The van der Waals surface area contributed by atoms with Crippen molar-refractivity contribution in [2.45, 2.75) is 6.42 Å². The monoisotopic (exact) mass is 392 g/mol. The first-order valence-electron chi connectivity index (χ1n) is 9.14. The van der Waals surface area contributed by atoms with Crippen molar-refractivity contribution in [3.8, 4) is 5.75 Å². The Labute approximate surface area is 168 Å². The number of nitrogens with one attached hydrogen (secondary N) is 2. The summed E-state index contributed by atoms with van der Waals surface area (Å²) in [5.41, 5.74) is 1.51. The Bertz CT molecular complexity index is 1010. The first-order chi connectivity index (χ1) is 14.1. The first kappa shape index (κ1) is 20.1. The van der Waals surface area contributed by atoms with Gasteiger partial charge in [0, 0.05) is 12.6 Å². The molecule has 0 saturated heterocycles. The van der Waals surface area contributed by atoms with E-state index < -0.39 is 11.7 Å². The molecule has 2 amide bonds. The summed E-state index contributed by atoms with van der Waals surface area (Å²) in [6.07, 6.45) is 0.680. The predicted octanol–water partition coefficient (Wildman–Crippen LogP) is 4.06. The van der Waals surface area contributed by atoms with E-state index in [2.05, 4.69) is 10.6 Å². The van der Waals surface area contributed by atoms with Gasteiger partial charge in [-0.3, -0.25) is 9.59 Å². The Hall–Kier alpha value is -3.67. The number of carbonyl (C=O) groups is 2. The molecule has 6 heteroatoms. The third kappa shape index (κ3) is 5.19. The number of carbonyl (C=O) groups excluding carboxylic acids is 2. The number of hydrogen-bond donors (Lipinski definition) is 2. The van der Waals surface area contributed by atoms with Gasteiger partial charge >= 0.3 is 0 Å². The van der Waals surface area contributed by atoms with Gasteiger partial charge in [0.1, 0.15) is 11.6 Å². The average molecular weight is 392 g/mol. The molecule has 0 aliphatic heterocycles. The van der Waals surface area contributed by atoms with Crippen molar-refractivity contribution in [1.82, 2.24) is 5.32 Å². The van der Waals surface area contributed by atoms with Crippen LogP contribution in [0.4, 0.5) is 10.1 Å². The predicted molar refractivity (Wildman–Crippen MR) is 110 cm³/mol. The fourth-order valence-electron chi connectivity index (χ4n) is 2.85. The number of ether oxygens (including phenoxy) is 1. The molecule has 0 bridgehead atoms. The lowest BCUT2D eigenvalue weighted by atomic mass is 10.1. The summed E-state index contributed by atoms with van der Waals surface area (Å²) in [5, 5.41) is 5.46. The molecule has 0 aliphatic rings. The fourth-order valence-corrected chi connectivity index (χ4v) is 2.85. The largest absolute Gasteiger partial charge is 0.497 e. The second-order valence-corrected chi connectivity index (χ2v) is 6.34. The SMILES string of the molecule is COc1ccc(C(=O)NCCc2ccccc2)c(NC(=O)c2ccccc2F)c1. The molecule has 0 heterocycles. The van der Waals surface area contributed by atoms with Crippen LogP contribution < -0.4 is 15.4 Å². The summed E-state index contributed by atoms with van der Waals surface area (Å²) in [6, 6.07) is 20.2. The summed E-state index contributed by atoms with van der Waals surface area (Å²) in [5.74, 6) is -1.15. The van der Waals surface area contributed by atoms with Gasteiger partial charge in [0.25, 0.3) is 11.8 Å². The standard InChI is InChI=1S/C23H21FN2O3/c1-29-17-11-12-19(22(27)25-14-13-16-7-3-2-4-8-16)21(15-17)26-23(28)18-9-5-6-10-20(18)24/h2-12,15H,13-14H2,1H3,(H,25,27)(H,26,28). The van der Waals surface area contributed by atoms with Crippen molar-refractivity contribution in [3.05, 3.63) is 95.3 Å². The Morgan fingerprint density at radius 2 is 1.62 bits per heavy atom. The van der Waals surface area contributed by atoms with Crippen LogP contribution in [0.5, 0.6) is 5.75 Å². The van der Waals surface area contributed by atoms with Crippen molar-refractivity contribution in [3.63, 3.8) is 0 Å². The van der Waals surface area contributed by atoms with Gasteiger partial charge in [-0.25, -0.2) is 4.39 Å². The fraction of sp³-hybridized carbons (Fsp3) is 0.130. The van der Waals surface area contributed by atoms with Crippen LogP contribution in [0.2, 0.25) is 0 Å². The van der Waals surface area contributed by atoms with E-state index in [9.17, 15) is 14.0 Å². The van der Waals surface area contributed by atoms with Gasteiger partial charge in [0.15, 0.2) is 0 Å². The zero-order valence-corrected chi connectivity index (χ0v) is 15.9. The van der Waals surface area contributed by atoms with Gasteiger partial charge < -0.3 is 15.4 Å². The smallest absolute Gasteiger partial charge is 0.258 e. The molecule has 0 aliphatic carbocycles. The first-order valence-corrected chi connectivity index (χ1v) is 9.14. The molecular formula is C23H21FN2O3. The number of halogens is 1. The molecule has 29 heavy (non-hydrogen) atoms. The lowest BCUT2D eigenvalue weighted by Gasteiger charge is -2.13. The molecule has 0 spiro atoms. The normalized spacial score (nSPS) is 10.3. The van der Waals surface area contributed by atoms with Crippen LogP contribution in [0, 0.1) is 5.82 Å². The minimum atomic E-state index is -0.644. The zero-order chi connectivity index (χ0) is 20.6. The van der Waals surface area contributed by atoms with Crippen molar-refractivity contribution >= 4 is 17.5 Å². The van der Waals surface area contributed by atoms with Crippen LogP contribution >= 0.6 is 0 Å². The van der Waals surface area contributed by atoms with Crippen LogP contribution in [0.3, 0.4) is 0 Å². The van der Waals surface area contributed by atoms with Crippen LogP contribution in [0.1, 0.15) is 26.3 Å². The molecular weight excluding hydrogens is 371 g/mol. The maximum absolute atomic E-state index is 13.9. The summed E-state index contributed by atoms with van der Waals surface area (Å²) in [4.78, 5) is 25.1. The molecule has 3 aromatic rings.